The van der Waals surface area contributed by atoms with Gasteiger partial charge in [0.15, 0.2) is 0 Å². The third kappa shape index (κ3) is 2.55. The van der Waals surface area contributed by atoms with Crippen molar-refractivity contribution in [3.05, 3.63) is 42.5 Å². The summed E-state index contributed by atoms with van der Waals surface area (Å²) in [6.45, 7) is 3.46. The third-order valence-electron chi connectivity index (χ3n) is 2.40. The van der Waals surface area contributed by atoms with E-state index in [0.29, 0.717) is 11.4 Å². The SMILES string of the molecule is C=Nc1ccc(Nc2ccc(N)cc2N)cc1. The van der Waals surface area contributed by atoms with Crippen molar-refractivity contribution in [1.82, 2.24) is 0 Å². The van der Waals surface area contributed by atoms with Gasteiger partial charge in [-0.2, -0.15) is 0 Å². The first kappa shape index (κ1) is 11.0. The van der Waals surface area contributed by atoms with Gasteiger partial charge in [0.1, 0.15) is 0 Å². The van der Waals surface area contributed by atoms with Crippen LogP contribution in [0, 0.1) is 0 Å². The van der Waals surface area contributed by atoms with Gasteiger partial charge in [0.2, 0.25) is 0 Å². The predicted octanol–water partition coefficient (Wildman–Crippen LogP) is 2.93. The first-order valence-corrected chi connectivity index (χ1v) is 5.18. The molecule has 2 rings (SSSR count). The molecular formula is C13H14N4. The summed E-state index contributed by atoms with van der Waals surface area (Å²) in [5.74, 6) is 0. The molecule has 0 radical (unpaired) electrons. The van der Waals surface area contributed by atoms with E-state index in [0.717, 1.165) is 17.1 Å². The van der Waals surface area contributed by atoms with Crippen LogP contribution >= 0.6 is 0 Å². The molecule has 0 bridgehead atoms. The van der Waals surface area contributed by atoms with Gasteiger partial charge in [-0.3, -0.25) is 4.99 Å². The van der Waals surface area contributed by atoms with Crippen molar-refractivity contribution in [2.24, 2.45) is 4.99 Å². The van der Waals surface area contributed by atoms with Crippen LogP contribution in [-0.2, 0) is 0 Å². The summed E-state index contributed by atoms with van der Waals surface area (Å²) in [6.07, 6.45) is 0. The molecule has 0 aliphatic rings. The normalized spacial score (nSPS) is 9.88. The van der Waals surface area contributed by atoms with Crippen LogP contribution in [0.15, 0.2) is 47.5 Å². The molecule has 0 unspecified atom stereocenters. The second-order valence-electron chi connectivity index (χ2n) is 3.68. The van der Waals surface area contributed by atoms with E-state index in [1.165, 1.54) is 0 Å². The van der Waals surface area contributed by atoms with E-state index in [1.807, 2.05) is 30.3 Å². The maximum Gasteiger partial charge on any atom is 0.0623 e. The molecule has 0 amide bonds. The molecule has 86 valence electrons. The van der Waals surface area contributed by atoms with Gasteiger partial charge in [0.25, 0.3) is 0 Å². The minimum absolute atomic E-state index is 0.621. The van der Waals surface area contributed by atoms with Gasteiger partial charge in [-0.15, -0.1) is 0 Å². The fourth-order valence-electron chi connectivity index (χ4n) is 1.50. The van der Waals surface area contributed by atoms with Crippen LogP contribution in [0.1, 0.15) is 0 Å². The van der Waals surface area contributed by atoms with Crippen molar-refractivity contribution < 1.29 is 0 Å². The molecule has 0 saturated heterocycles. The van der Waals surface area contributed by atoms with Crippen LogP contribution in [0.5, 0.6) is 0 Å². The van der Waals surface area contributed by atoms with Crippen molar-refractivity contribution in [3.63, 3.8) is 0 Å². The van der Waals surface area contributed by atoms with Gasteiger partial charge in [0, 0.05) is 11.4 Å². The first-order chi connectivity index (χ1) is 8.19. The zero-order valence-corrected chi connectivity index (χ0v) is 9.35. The first-order valence-electron chi connectivity index (χ1n) is 5.18. The Bertz CT molecular complexity index is 532. The molecule has 5 N–H and O–H groups in total. The predicted molar refractivity (Wildman–Crippen MR) is 74.2 cm³/mol. The number of aliphatic imine (C=N–C) groups is 1. The number of nitrogens with one attached hydrogen (secondary N) is 1. The molecule has 0 aliphatic carbocycles. The van der Waals surface area contributed by atoms with E-state index < -0.39 is 0 Å². The molecule has 2 aromatic carbocycles. The number of hydrogen-bond donors (Lipinski definition) is 3. The van der Waals surface area contributed by atoms with Crippen LogP contribution in [0.2, 0.25) is 0 Å². The Morgan fingerprint density at radius 3 is 2.29 bits per heavy atom. The summed E-state index contributed by atoms with van der Waals surface area (Å²) >= 11 is 0. The van der Waals surface area contributed by atoms with E-state index in [9.17, 15) is 0 Å². The Balaban J connectivity index is 2.22. The molecule has 2 aromatic rings. The molecule has 0 aromatic heterocycles. The van der Waals surface area contributed by atoms with Crippen molar-refractivity contribution in [3.8, 4) is 0 Å². The highest BCUT2D eigenvalue weighted by molar-refractivity contribution is 5.75. The molecule has 0 spiro atoms. The maximum atomic E-state index is 5.85. The molecule has 0 aliphatic heterocycles. The molecule has 0 fully saturated rings. The van der Waals surface area contributed by atoms with Crippen molar-refractivity contribution in [1.29, 1.82) is 0 Å². The minimum Gasteiger partial charge on any atom is -0.399 e. The summed E-state index contributed by atoms with van der Waals surface area (Å²) < 4.78 is 0. The van der Waals surface area contributed by atoms with Gasteiger partial charge in [-0.1, -0.05) is 0 Å². The summed E-state index contributed by atoms with van der Waals surface area (Å²) in [4.78, 5) is 3.83. The lowest BCUT2D eigenvalue weighted by atomic mass is 10.2. The average molecular weight is 226 g/mol. The van der Waals surface area contributed by atoms with Gasteiger partial charge < -0.3 is 16.8 Å². The Morgan fingerprint density at radius 2 is 1.71 bits per heavy atom. The highest BCUT2D eigenvalue weighted by atomic mass is 14.9. The molecule has 17 heavy (non-hydrogen) atoms. The highest BCUT2D eigenvalue weighted by Crippen LogP contribution is 2.26. The number of benzene rings is 2. The zero-order chi connectivity index (χ0) is 12.3. The Hall–Kier alpha value is -2.49. The van der Waals surface area contributed by atoms with Gasteiger partial charge in [-0.05, 0) is 49.2 Å². The van der Waals surface area contributed by atoms with Crippen molar-refractivity contribution in [2.45, 2.75) is 0 Å². The smallest absolute Gasteiger partial charge is 0.0623 e. The lowest BCUT2D eigenvalue weighted by Crippen LogP contribution is -1.97. The number of rotatable bonds is 3. The lowest BCUT2D eigenvalue weighted by molar-refractivity contribution is 1.51. The largest absolute Gasteiger partial charge is 0.399 e. The quantitative estimate of drug-likeness (QED) is 0.556. The third-order valence-corrected chi connectivity index (χ3v) is 2.40. The van der Waals surface area contributed by atoms with E-state index in [1.54, 1.807) is 12.1 Å². The van der Waals surface area contributed by atoms with Gasteiger partial charge >= 0.3 is 0 Å². The van der Waals surface area contributed by atoms with Gasteiger partial charge in [0.05, 0.1) is 17.1 Å². The fraction of sp³-hybridized carbons (Fsp3) is 0. The zero-order valence-electron chi connectivity index (χ0n) is 9.35. The summed E-state index contributed by atoms with van der Waals surface area (Å²) in [5.41, 5.74) is 15.4. The lowest BCUT2D eigenvalue weighted by Gasteiger charge is -2.09. The van der Waals surface area contributed by atoms with Crippen LogP contribution in [0.25, 0.3) is 0 Å². The molecule has 4 nitrogen and oxygen atoms in total. The van der Waals surface area contributed by atoms with Crippen molar-refractivity contribution >= 4 is 35.2 Å². The minimum atomic E-state index is 0.621. The average Bonchev–Trinajstić information content (AvgIpc) is 2.34. The van der Waals surface area contributed by atoms with E-state index in [2.05, 4.69) is 17.0 Å². The highest BCUT2D eigenvalue weighted by Gasteiger charge is 2.00. The molecule has 0 atom stereocenters. The maximum absolute atomic E-state index is 5.85. The van der Waals surface area contributed by atoms with Gasteiger partial charge in [-0.25, -0.2) is 0 Å². The van der Waals surface area contributed by atoms with E-state index >= 15 is 0 Å². The second-order valence-corrected chi connectivity index (χ2v) is 3.68. The fourth-order valence-corrected chi connectivity index (χ4v) is 1.50. The van der Waals surface area contributed by atoms with Crippen LogP contribution in [0.3, 0.4) is 0 Å². The van der Waals surface area contributed by atoms with Crippen molar-refractivity contribution in [2.75, 3.05) is 16.8 Å². The van der Waals surface area contributed by atoms with E-state index in [-0.39, 0.29) is 0 Å². The number of nitrogens with zero attached hydrogens (tertiary/aromatic N) is 1. The number of nitrogens with two attached hydrogens (primary N) is 2. The van der Waals surface area contributed by atoms with Crippen LogP contribution in [-0.4, -0.2) is 6.72 Å². The second kappa shape index (κ2) is 4.57. The van der Waals surface area contributed by atoms with E-state index in [4.69, 9.17) is 11.5 Å². The Labute approximate surface area is 100.0 Å². The topological polar surface area (TPSA) is 76.4 Å². The molecular weight excluding hydrogens is 212 g/mol. The number of hydrogen-bond acceptors (Lipinski definition) is 4. The Kier molecular flexibility index (Phi) is 2.96. The summed E-state index contributed by atoms with van der Waals surface area (Å²) in [5, 5.41) is 3.21. The summed E-state index contributed by atoms with van der Waals surface area (Å²) in [6, 6.07) is 13.0. The monoisotopic (exact) mass is 226 g/mol. The van der Waals surface area contributed by atoms with Crippen LogP contribution in [0.4, 0.5) is 28.4 Å². The standard InChI is InChI=1S/C13H14N4/c1-16-10-3-5-11(6-4-10)17-13-7-2-9(14)8-12(13)15/h2-8,17H,1,14-15H2. The molecule has 4 heteroatoms. The summed E-state index contributed by atoms with van der Waals surface area (Å²) in [7, 11) is 0. The molecule has 0 saturated carbocycles. The number of anilines is 4. The number of nitrogen functional groups attached to an aromatic ring is 2. The Morgan fingerprint density at radius 1 is 1.00 bits per heavy atom. The molecule has 0 heterocycles. The van der Waals surface area contributed by atoms with Crippen LogP contribution < -0.4 is 16.8 Å².